The molecule has 0 atom stereocenters. The van der Waals surface area contributed by atoms with Crippen LogP contribution >= 0.6 is 11.8 Å². The number of thioether (sulfide) groups is 1. The predicted octanol–water partition coefficient (Wildman–Crippen LogP) is 2.50. The van der Waals surface area contributed by atoms with Crippen molar-refractivity contribution in [3.63, 3.8) is 0 Å². The van der Waals surface area contributed by atoms with Crippen molar-refractivity contribution in [2.75, 3.05) is 43.2 Å². The minimum absolute atomic E-state index is 0.0839. The SMILES string of the molecule is CC(=O)/C=C1\Sc2ccc(N3CCOCC3)cc2N1C. The largest absolute Gasteiger partial charge is 0.378 e. The van der Waals surface area contributed by atoms with Gasteiger partial charge in [-0.05, 0) is 25.1 Å². The van der Waals surface area contributed by atoms with Crippen LogP contribution in [0.25, 0.3) is 0 Å². The quantitative estimate of drug-likeness (QED) is 0.782. The zero-order chi connectivity index (χ0) is 14.1. The van der Waals surface area contributed by atoms with Crippen LogP contribution in [0.3, 0.4) is 0 Å². The summed E-state index contributed by atoms with van der Waals surface area (Å²) in [4.78, 5) is 16.9. The molecule has 2 aliphatic heterocycles. The van der Waals surface area contributed by atoms with Crippen molar-refractivity contribution in [1.29, 1.82) is 0 Å². The molecule has 0 amide bonds. The van der Waals surface area contributed by atoms with Gasteiger partial charge in [0.1, 0.15) is 0 Å². The number of morpholine rings is 1. The minimum Gasteiger partial charge on any atom is -0.378 e. The number of carbonyl (C=O) groups excluding carboxylic acids is 1. The fraction of sp³-hybridized carbons (Fsp3) is 0.400. The van der Waals surface area contributed by atoms with E-state index in [4.69, 9.17) is 4.74 Å². The molecule has 4 nitrogen and oxygen atoms in total. The van der Waals surface area contributed by atoms with Gasteiger partial charge in [0, 0.05) is 36.8 Å². The van der Waals surface area contributed by atoms with Gasteiger partial charge in [0.25, 0.3) is 0 Å². The Labute approximate surface area is 123 Å². The van der Waals surface area contributed by atoms with E-state index in [9.17, 15) is 4.79 Å². The van der Waals surface area contributed by atoms with Crippen molar-refractivity contribution in [2.24, 2.45) is 0 Å². The molecular formula is C15H18N2O2S. The molecule has 0 N–H and O–H groups in total. The summed E-state index contributed by atoms with van der Waals surface area (Å²) < 4.78 is 5.39. The average Bonchev–Trinajstić information content (AvgIpc) is 2.75. The van der Waals surface area contributed by atoms with Gasteiger partial charge >= 0.3 is 0 Å². The Morgan fingerprint density at radius 1 is 1.35 bits per heavy atom. The first-order valence-electron chi connectivity index (χ1n) is 6.76. The second-order valence-corrected chi connectivity index (χ2v) is 6.07. The van der Waals surface area contributed by atoms with Gasteiger partial charge in [-0.1, -0.05) is 11.8 Å². The molecule has 0 saturated carbocycles. The average molecular weight is 290 g/mol. The van der Waals surface area contributed by atoms with Gasteiger partial charge in [-0.2, -0.15) is 0 Å². The van der Waals surface area contributed by atoms with Crippen LogP contribution in [0.1, 0.15) is 6.92 Å². The van der Waals surface area contributed by atoms with Gasteiger partial charge in [0.05, 0.1) is 23.9 Å². The lowest BCUT2D eigenvalue weighted by Gasteiger charge is -2.29. The number of fused-ring (bicyclic) bond motifs is 1. The Kier molecular flexibility index (Phi) is 3.72. The van der Waals surface area contributed by atoms with Gasteiger partial charge < -0.3 is 14.5 Å². The van der Waals surface area contributed by atoms with Crippen LogP contribution in [0, 0.1) is 0 Å². The first-order chi connectivity index (χ1) is 9.65. The highest BCUT2D eigenvalue weighted by Gasteiger charge is 2.23. The van der Waals surface area contributed by atoms with Crippen molar-refractivity contribution in [3.8, 4) is 0 Å². The lowest BCUT2D eigenvalue weighted by molar-refractivity contribution is -0.112. The van der Waals surface area contributed by atoms with Crippen molar-refractivity contribution in [3.05, 3.63) is 29.3 Å². The zero-order valence-corrected chi connectivity index (χ0v) is 12.6. The second-order valence-electron chi connectivity index (χ2n) is 5.01. The van der Waals surface area contributed by atoms with Crippen LogP contribution in [0.15, 0.2) is 34.2 Å². The fourth-order valence-corrected chi connectivity index (χ4v) is 3.59. The van der Waals surface area contributed by atoms with Crippen LogP contribution < -0.4 is 9.80 Å². The fourth-order valence-electron chi connectivity index (χ4n) is 2.47. The third kappa shape index (κ3) is 2.55. The number of allylic oxidation sites excluding steroid dienone is 1. The summed E-state index contributed by atoms with van der Waals surface area (Å²) in [7, 11) is 2.01. The smallest absolute Gasteiger partial charge is 0.155 e. The van der Waals surface area contributed by atoms with E-state index in [-0.39, 0.29) is 5.78 Å². The van der Waals surface area contributed by atoms with Gasteiger partial charge in [-0.15, -0.1) is 0 Å². The standard InChI is InChI=1S/C15H18N2O2S/c1-11(18)9-15-16(2)13-10-12(3-4-14(13)20-15)17-5-7-19-8-6-17/h3-4,9-10H,5-8H2,1-2H3/b15-9-. The maximum absolute atomic E-state index is 11.3. The molecule has 0 unspecified atom stereocenters. The van der Waals surface area contributed by atoms with E-state index >= 15 is 0 Å². The molecule has 2 aliphatic rings. The van der Waals surface area contributed by atoms with E-state index in [0.717, 1.165) is 31.3 Å². The van der Waals surface area contributed by atoms with Crippen LogP contribution in [0.5, 0.6) is 0 Å². The monoisotopic (exact) mass is 290 g/mol. The minimum atomic E-state index is 0.0839. The summed E-state index contributed by atoms with van der Waals surface area (Å²) in [5, 5.41) is 0.992. The third-order valence-electron chi connectivity index (χ3n) is 3.55. The maximum Gasteiger partial charge on any atom is 0.155 e. The van der Waals surface area contributed by atoms with Crippen molar-refractivity contribution in [1.82, 2.24) is 0 Å². The van der Waals surface area contributed by atoms with E-state index in [1.807, 2.05) is 7.05 Å². The van der Waals surface area contributed by atoms with Crippen LogP contribution in [-0.2, 0) is 9.53 Å². The number of hydrogen-bond acceptors (Lipinski definition) is 5. The molecule has 3 rings (SSSR count). The molecule has 106 valence electrons. The van der Waals surface area contributed by atoms with Crippen LogP contribution in [0.2, 0.25) is 0 Å². The summed E-state index contributed by atoms with van der Waals surface area (Å²) in [6.45, 7) is 5.04. The van der Waals surface area contributed by atoms with Gasteiger partial charge in [0.2, 0.25) is 0 Å². The highest BCUT2D eigenvalue weighted by Crippen LogP contribution is 2.46. The van der Waals surface area contributed by atoms with E-state index in [0.29, 0.717) is 0 Å². The molecule has 1 fully saturated rings. The second kappa shape index (κ2) is 5.50. The molecule has 0 aliphatic carbocycles. The Bertz CT molecular complexity index is 565. The molecule has 1 saturated heterocycles. The molecular weight excluding hydrogens is 272 g/mol. The molecule has 2 heterocycles. The first kappa shape index (κ1) is 13.5. The zero-order valence-electron chi connectivity index (χ0n) is 11.8. The number of rotatable bonds is 2. The number of anilines is 2. The van der Waals surface area contributed by atoms with E-state index < -0.39 is 0 Å². The van der Waals surface area contributed by atoms with E-state index in [1.165, 1.54) is 16.3 Å². The summed E-state index contributed by atoms with van der Waals surface area (Å²) >= 11 is 1.65. The Morgan fingerprint density at radius 3 is 2.80 bits per heavy atom. The molecule has 0 bridgehead atoms. The summed E-state index contributed by atoms with van der Waals surface area (Å²) in [6, 6.07) is 6.50. The molecule has 5 heteroatoms. The van der Waals surface area contributed by atoms with E-state index in [2.05, 4.69) is 28.0 Å². The normalized spacial score (nSPS) is 20.4. The third-order valence-corrected chi connectivity index (χ3v) is 4.72. The number of benzene rings is 1. The number of carbonyl (C=O) groups is 1. The highest BCUT2D eigenvalue weighted by molar-refractivity contribution is 8.03. The van der Waals surface area contributed by atoms with Crippen molar-refractivity contribution >= 4 is 28.9 Å². The molecule has 0 spiro atoms. The van der Waals surface area contributed by atoms with Crippen LogP contribution in [-0.4, -0.2) is 39.1 Å². The van der Waals surface area contributed by atoms with Gasteiger partial charge in [0.15, 0.2) is 5.78 Å². The highest BCUT2D eigenvalue weighted by atomic mass is 32.2. The first-order valence-corrected chi connectivity index (χ1v) is 7.57. The van der Waals surface area contributed by atoms with Gasteiger partial charge in [-0.3, -0.25) is 4.79 Å². The molecule has 0 radical (unpaired) electrons. The Morgan fingerprint density at radius 2 is 2.10 bits per heavy atom. The molecule has 1 aromatic rings. The topological polar surface area (TPSA) is 32.8 Å². The summed E-state index contributed by atoms with van der Waals surface area (Å²) in [5.41, 5.74) is 2.40. The molecule has 20 heavy (non-hydrogen) atoms. The summed E-state index contributed by atoms with van der Waals surface area (Å²) in [6.07, 6.45) is 1.69. The molecule has 1 aromatic carbocycles. The lowest BCUT2D eigenvalue weighted by Crippen LogP contribution is -2.36. The molecule has 0 aromatic heterocycles. The predicted molar refractivity (Wildman–Crippen MR) is 82.5 cm³/mol. The van der Waals surface area contributed by atoms with E-state index in [1.54, 1.807) is 24.8 Å². The van der Waals surface area contributed by atoms with Crippen molar-refractivity contribution in [2.45, 2.75) is 11.8 Å². The number of hydrogen-bond donors (Lipinski definition) is 0. The number of ketones is 1. The Balaban J connectivity index is 1.88. The summed E-state index contributed by atoms with van der Waals surface area (Å²) in [5.74, 6) is 0.0839. The van der Waals surface area contributed by atoms with Crippen LogP contribution in [0.4, 0.5) is 11.4 Å². The Hall–Kier alpha value is -1.46. The maximum atomic E-state index is 11.3. The number of ether oxygens (including phenoxy) is 1. The van der Waals surface area contributed by atoms with Gasteiger partial charge in [-0.25, -0.2) is 0 Å². The van der Waals surface area contributed by atoms with Crippen molar-refractivity contribution < 1.29 is 9.53 Å². The number of nitrogens with zero attached hydrogens (tertiary/aromatic N) is 2. The lowest BCUT2D eigenvalue weighted by atomic mass is 10.2.